The van der Waals surface area contributed by atoms with Crippen LogP contribution in [-0.2, 0) is 11.3 Å². The Hall–Kier alpha value is -1.81. The molecule has 0 radical (unpaired) electrons. The van der Waals surface area contributed by atoms with Gasteiger partial charge >= 0.3 is 5.97 Å². The summed E-state index contributed by atoms with van der Waals surface area (Å²) in [7, 11) is 0. The van der Waals surface area contributed by atoms with Crippen LogP contribution < -0.4 is 5.32 Å². The monoisotopic (exact) mass is 288 g/mol. The molecule has 4 nitrogen and oxygen atoms in total. The summed E-state index contributed by atoms with van der Waals surface area (Å²) in [5.74, 6) is -0.777. The highest BCUT2D eigenvalue weighted by atomic mass is 16.4. The number of fused-ring (bicyclic) bond motifs is 1. The number of aromatic nitrogens is 1. The summed E-state index contributed by atoms with van der Waals surface area (Å²) in [5.41, 5.74) is 2.35. The van der Waals surface area contributed by atoms with Gasteiger partial charge in [-0.25, -0.2) is 0 Å². The van der Waals surface area contributed by atoms with E-state index in [1.165, 1.54) is 0 Å². The zero-order valence-electron chi connectivity index (χ0n) is 12.9. The van der Waals surface area contributed by atoms with Crippen molar-refractivity contribution in [3.05, 3.63) is 36.0 Å². The minimum absolute atomic E-state index is 0.149. The lowest BCUT2D eigenvalue weighted by molar-refractivity contribution is -0.139. The molecule has 21 heavy (non-hydrogen) atoms. The first-order chi connectivity index (χ1) is 9.87. The van der Waals surface area contributed by atoms with Gasteiger partial charge in [-0.05, 0) is 36.0 Å². The number of hydrogen-bond acceptors (Lipinski definition) is 2. The molecular weight excluding hydrogens is 264 g/mol. The van der Waals surface area contributed by atoms with E-state index >= 15 is 0 Å². The van der Waals surface area contributed by atoms with Crippen LogP contribution in [0, 0.1) is 5.41 Å². The van der Waals surface area contributed by atoms with Gasteiger partial charge < -0.3 is 15.4 Å². The van der Waals surface area contributed by atoms with E-state index in [1.807, 2.05) is 30.5 Å². The number of H-pyrrole nitrogens is 1. The molecule has 0 fully saturated rings. The number of hydrogen-bond donors (Lipinski definition) is 3. The molecule has 0 amide bonds. The summed E-state index contributed by atoms with van der Waals surface area (Å²) in [5, 5.41) is 13.7. The summed E-state index contributed by atoms with van der Waals surface area (Å²) in [6.07, 6.45) is 3.43. The summed E-state index contributed by atoms with van der Waals surface area (Å²) >= 11 is 0. The van der Waals surface area contributed by atoms with Crippen molar-refractivity contribution in [3.63, 3.8) is 0 Å². The predicted octanol–water partition coefficient (Wildman–Crippen LogP) is 3.54. The molecule has 1 heterocycles. The molecule has 1 aromatic heterocycles. The van der Waals surface area contributed by atoms with Gasteiger partial charge in [0.15, 0.2) is 0 Å². The average molecular weight is 288 g/mol. The Morgan fingerprint density at radius 3 is 2.76 bits per heavy atom. The molecule has 0 unspecified atom stereocenters. The van der Waals surface area contributed by atoms with E-state index in [4.69, 9.17) is 0 Å². The van der Waals surface area contributed by atoms with E-state index in [9.17, 15) is 9.90 Å². The fraction of sp³-hybridized carbons (Fsp3) is 0.471. The third-order valence-electron chi connectivity index (χ3n) is 3.71. The number of aliphatic carboxylic acids is 1. The van der Waals surface area contributed by atoms with Crippen LogP contribution in [0.2, 0.25) is 0 Å². The van der Waals surface area contributed by atoms with E-state index in [0.29, 0.717) is 13.0 Å². The van der Waals surface area contributed by atoms with Crippen LogP contribution in [0.25, 0.3) is 10.9 Å². The first kappa shape index (κ1) is 15.6. The Bertz CT molecular complexity index is 611. The number of rotatable bonds is 6. The van der Waals surface area contributed by atoms with Gasteiger partial charge in [0.05, 0.1) is 0 Å². The first-order valence-electron chi connectivity index (χ1n) is 7.38. The van der Waals surface area contributed by atoms with Gasteiger partial charge in [0.1, 0.15) is 6.04 Å². The van der Waals surface area contributed by atoms with Gasteiger partial charge in [0, 0.05) is 23.6 Å². The van der Waals surface area contributed by atoms with E-state index in [1.54, 1.807) is 0 Å². The largest absolute Gasteiger partial charge is 0.480 e. The maximum absolute atomic E-state index is 11.4. The fourth-order valence-electron chi connectivity index (χ4n) is 2.43. The van der Waals surface area contributed by atoms with Crippen LogP contribution in [0.1, 0.15) is 39.2 Å². The maximum Gasteiger partial charge on any atom is 0.320 e. The predicted molar refractivity (Wildman–Crippen MR) is 85.3 cm³/mol. The van der Waals surface area contributed by atoms with Crippen molar-refractivity contribution < 1.29 is 9.90 Å². The Kier molecular flexibility index (Phi) is 4.68. The van der Waals surface area contributed by atoms with Crippen molar-refractivity contribution in [2.45, 2.75) is 46.2 Å². The van der Waals surface area contributed by atoms with Crippen LogP contribution in [0.15, 0.2) is 30.5 Å². The molecule has 0 aliphatic rings. The fourth-order valence-corrected chi connectivity index (χ4v) is 2.43. The van der Waals surface area contributed by atoms with Gasteiger partial charge in [-0.3, -0.25) is 4.79 Å². The second kappa shape index (κ2) is 6.31. The Morgan fingerprint density at radius 1 is 1.33 bits per heavy atom. The van der Waals surface area contributed by atoms with Crippen LogP contribution in [0.5, 0.6) is 0 Å². The Morgan fingerprint density at radius 2 is 2.10 bits per heavy atom. The van der Waals surface area contributed by atoms with E-state index in [-0.39, 0.29) is 5.41 Å². The zero-order valence-corrected chi connectivity index (χ0v) is 12.9. The highest BCUT2D eigenvalue weighted by molar-refractivity contribution is 5.83. The molecule has 114 valence electrons. The molecule has 0 spiro atoms. The molecule has 0 bridgehead atoms. The average Bonchev–Trinajstić information content (AvgIpc) is 2.85. The topological polar surface area (TPSA) is 65.1 Å². The quantitative estimate of drug-likeness (QED) is 0.761. The van der Waals surface area contributed by atoms with Gasteiger partial charge in [-0.2, -0.15) is 0 Å². The smallest absolute Gasteiger partial charge is 0.320 e. The van der Waals surface area contributed by atoms with Gasteiger partial charge in [0.25, 0.3) is 0 Å². The lowest BCUT2D eigenvalue weighted by Crippen LogP contribution is -2.37. The molecule has 0 saturated carbocycles. The number of aromatic amines is 1. The number of nitrogens with one attached hydrogen (secondary N) is 2. The molecule has 3 N–H and O–H groups in total. The number of benzene rings is 1. The lowest BCUT2D eigenvalue weighted by atomic mass is 9.88. The van der Waals surface area contributed by atoms with Crippen molar-refractivity contribution in [3.8, 4) is 0 Å². The minimum Gasteiger partial charge on any atom is -0.480 e. The SMILES string of the molecule is CC(C)(C)CC[C@H](NCc1cccc2[nH]ccc12)C(=O)O. The second-order valence-corrected chi connectivity index (χ2v) is 6.73. The summed E-state index contributed by atoms with van der Waals surface area (Å²) in [6, 6.07) is 7.57. The Labute approximate surface area is 125 Å². The molecule has 4 heteroatoms. The van der Waals surface area contributed by atoms with E-state index in [0.717, 1.165) is 22.9 Å². The van der Waals surface area contributed by atoms with Crippen LogP contribution in [0.4, 0.5) is 0 Å². The van der Waals surface area contributed by atoms with Crippen molar-refractivity contribution >= 4 is 16.9 Å². The van der Waals surface area contributed by atoms with Gasteiger partial charge in [-0.15, -0.1) is 0 Å². The van der Waals surface area contributed by atoms with Crippen molar-refractivity contribution in [2.75, 3.05) is 0 Å². The molecule has 0 saturated heterocycles. The van der Waals surface area contributed by atoms with E-state index < -0.39 is 12.0 Å². The summed E-state index contributed by atoms with van der Waals surface area (Å²) in [6.45, 7) is 6.96. The van der Waals surface area contributed by atoms with Crippen molar-refractivity contribution in [1.82, 2.24) is 10.3 Å². The molecule has 1 atom stereocenters. The number of carbonyl (C=O) groups is 1. The van der Waals surface area contributed by atoms with Crippen LogP contribution in [-0.4, -0.2) is 22.1 Å². The summed E-state index contributed by atoms with van der Waals surface area (Å²) in [4.78, 5) is 14.6. The molecule has 0 aliphatic heterocycles. The Balaban J connectivity index is 2.01. The van der Waals surface area contributed by atoms with Gasteiger partial charge in [-0.1, -0.05) is 32.9 Å². The highest BCUT2D eigenvalue weighted by Crippen LogP contribution is 2.22. The van der Waals surface area contributed by atoms with Crippen LogP contribution in [0.3, 0.4) is 0 Å². The highest BCUT2D eigenvalue weighted by Gasteiger charge is 2.20. The standard InChI is InChI=1S/C17H24N2O2/c1-17(2,3)9-7-15(16(20)21)19-11-12-5-4-6-14-13(12)8-10-18-14/h4-6,8,10,15,18-19H,7,9,11H2,1-3H3,(H,20,21)/t15-/m0/s1. The van der Waals surface area contributed by atoms with Gasteiger partial charge in [0.2, 0.25) is 0 Å². The van der Waals surface area contributed by atoms with Crippen molar-refractivity contribution in [1.29, 1.82) is 0 Å². The minimum atomic E-state index is -0.777. The molecule has 2 aromatic rings. The first-order valence-corrected chi connectivity index (χ1v) is 7.38. The number of carboxylic acid groups (broad SMARTS) is 1. The zero-order chi connectivity index (χ0) is 15.5. The summed E-state index contributed by atoms with van der Waals surface area (Å²) < 4.78 is 0. The third kappa shape index (κ3) is 4.33. The molecule has 1 aromatic carbocycles. The normalized spacial score (nSPS) is 13.5. The van der Waals surface area contributed by atoms with E-state index in [2.05, 4.69) is 31.1 Å². The molecular formula is C17H24N2O2. The maximum atomic E-state index is 11.4. The third-order valence-corrected chi connectivity index (χ3v) is 3.71. The molecule has 0 aliphatic carbocycles. The van der Waals surface area contributed by atoms with Crippen LogP contribution >= 0.6 is 0 Å². The van der Waals surface area contributed by atoms with Crippen molar-refractivity contribution in [2.24, 2.45) is 5.41 Å². The molecule has 2 rings (SSSR count). The number of carboxylic acids is 1. The second-order valence-electron chi connectivity index (χ2n) is 6.73. The lowest BCUT2D eigenvalue weighted by Gasteiger charge is -2.21.